The lowest BCUT2D eigenvalue weighted by Crippen LogP contribution is -2.32. The summed E-state index contributed by atoms with van der Waals surface area (Å²) in [7, 11) is 0. The summed E-state index contributed by atoms with van der Waals surface area (Å²) in [5.74, 6) is 0.697. The average Bonchev–Trinajstić information content (AvgIpc) is 2.86. The third kappa shape index (κ3) is 6.21. The topological polar surface area (TPSA) is 79.8 Å². The molecule has 4 rings (SSSR count). The van der Waals surface area contributed by atoms with Crippen LogP contribution in [0.5, 0.6) is 0 Å². The average molecular weight is 478 g/mol. The number of hydrogen-bond acceptors (Lipinski definition) is 6. The largest absolute Gasteiger partial charge is 0.365 e. The Morgan fingerprint density at radius 3 is 2.58 bits per heavy atom. The van der Waals surface area contributed by atoms with E-state index in [1.807, 2.05) is 67.6 Å². The Labute approximate surface area is 202 Å². The Morgan fingerprint density at radius 1 is 1.00 bits per heavy atom. The summed E-state index contributed by atoms with van der Waals surface area (Å²) in [5.41, 5.74) is 2.89. The van der Waals surface area contributed by atoms with Crippen LogP contribution in [0.1, 0.15) is 24.5 Å². The summed E-state index contributed by atoms with van der Waals surface area (Å²) >= 11 is 7.37. The smallest absolute Gasteiger partial charge is 0.233 e. The van der Waals surface area contributed by atoms with Crippen LogP contribution in [0.3, 0.4) is 0 Å². The summed E-state index contributed by atoms with van der Waals surface area (Å²) in [6.45, 7) is 3.03. The highest BCUT2D eigenvalue weighted by molar-refractivity contribution is 8.00. The molecule has 2 heterocycles. The zero-order chi connectivity index (χ0) is 23.0. The number of aromatic nitrogens is 3. The van der Waals surface area contributed by atoms with Crippen molar-refractivity contribution >= 4 is 46.0 Å². The van der Waals surface area contributed by atoms with Crippen molar-refractivity contribution in [3.05, 3.63) is 89.2 Å². The van der Waals surface area contributed by atoms with Gasteiger partial charge in [-0.2, -0.15) is 0 Å². The van der Waals surface area contributed by atoms with Crippen LogP contribution in [0.15, 0.2) is 78.2 Å². The van der Waals surface area contributed by atoms with Gasteiger partial charge in [-0.3, -0.25) is 9.78 Å². The van der Waals surface area contributed by atoms with Crippen LogP contribution in [-0.2, 0) is 17.9 Å². The number of carbonyl (C=O) groups is 1. The summed E-state index contributed by atoms with van der Waals surface area (Å²) in [6, 6.07) is 19.4. The maximum absolute atomic E-state index is 12.8. The first-order valence-corrected chi connectivity index (χ1v) is 12.0. The molecule has 1 unspecified atom stereocenters. The van der Waals surface area contributed by atoms with Crippen molar-refractivity contribution in [1.29, 1.82) is 0 Å². The molecule has 0 aliphatic rings. The first-order chi connectivity index (χ1) is 16.1. The van der Waals surface area contributed by atoms with Gasteiger partial charge in [-0.1, -0.05) is 60.6 Å². The molecular formula is C25H24ClN5OS. The van der Waals surface area contributed by atoms with E-state index >= 15 is 0 Å². The standard InChI is InChI=1S/C25H24ClN5OS/c1-2-22(24(32)29-16-18-6-5-13-27-14-18)33-25-30-21-8-4-3-7-20(21)23(31-25)28-15-17-9-11-19(26)12-10-17/h3-14,22H,2,15-16H2,1H3,(H,29,32)(H,28,30,31). The monoisotopic (exact) mass is 477 g/mol. The van der Waals surface area contributed by atoms with Gasteiger partial charge in [0, 0.05) is 35.9 Å². The molecule has 2 aromatic carbocycles. The molecular weight excluding hydrogens is 454 g/mol. The highest BCUT2D eigenvalue weighted by Crippen LogP contribution is 2.28. The lowest BCUT2D eigenvalue weighted by molar-refractivity contribution is -0.120. The van der Waals surface area contributed by atoms with Crippen molar-refractivity contribution in [3.63, 3.8) is 0 Å². The quantitative estimate of drug-likeness (QED) is 0.245. The van der Waals surface area contributed by atoms with Gasteiger partial charge in [0.05, 0.1) is 10.8 Å². The van der Waals surface area contributed by atoms with Gasteiger partial charge in [-0.25, -0.2) is 9.97 Å². The van der Waals surface area contributed by atoms with Crippen molar-refractivity contribution < 1.29 is 4.79 Å². The summed E-state index contributed by atoms with van der Waals surface area (Å²) in [4.78, 5) is 26.3. The van der Waals surface area contributed by atoms with E-state index in [4.69, 9.17) is 21.6 Å². The number of fused-ring (bicyclic) bond motifs is 1. The van der Waals surface area contributed by atoms with Crippen molar-refractivity contribution in [2.45, 2.75) is 36.8 Å². The number of hydrogen-bond donors (Lipinski definition) is 2. The number of rotatable bonds is 9. The summed E-state index contributed by atoms with van der Waals surface area (Å²) in [5, 5.41) is 8.31. The molecule has 2 N–H and O–H groups in total. The molecule has 2 aromatic heterocycles. The molecule has 1 atom stereocenters. The molecule has 0 saturated heterocycles. The van der Waals surface area contributed by atoms with Crippen LogP contribution >= 0.6 is 23.4 Å². The van der Waals surface area contributed by atoms with Crippen molar-refractivity contribution in [3.8, 4) is 0 Å². The van der Waals surface area contributed by atoms with Crippen molar-refractivity contribution in [2.24, 2.45) is 0 Å². The molecule has 0 radical (unpaired) electrons. The number of para-hydroxylation sites is 1. The van der Waals surface area contributed by atoms with E-state index in [0.29, 0.717) is 29.7 Å². The second kappa shape index (κ2) is 11.1. The van der Waals surface area contributed by atoms with Gasteiger partial charge < -0.3 is 10.6 Å². The predicted octanol–water partition coefficient (Wildman–Crippen LogP) is 5.48. The first kappa shape index (κ1) is 23.0. The van der Waals surface area contributed by atoms with E-state index < -0.39 is 0 Å². The zero-order valence-electron chi connectivity index (χ0n) is 18.2. The minimum atomic E-state index is -0.299. The van der Waals surface area contributed by atoms with Crippen LogP contribution < -0.4 is 10.6 Å². The lowest BCUT2D eigenvalue weighted by atomic mass is 10.2. The van der Waals surface area contributed by atoms with Gasteiger partial charge >= 0.3 is 0 Å². The number of carbonyl (C=O) groups excluding carboxylic acids is 1. The number of nitrogens with one attached hydrogen (secondary N) is 2. The van der Waals surface area contributed by atoms with Crippen LogP contribution in [-0.4, -0.2) is 26.1 Å². The molecule has 0 saturated carbocycles. The van der Waals surface area contributed by atoms with Gasteiger partial charge in [0.1, 0.15) is 5.82 Å². The van der Waals surface area contributed by atoms with Gasteiger partial charge in [-0.15, -0.1) is 0 Å². The highest BCUT2D eigenvalue weighted by Gasteiger charge is 2.20. The second-order valence-corrected chi connectivity index (χ2v) is 9.05. The summed E-state index contributed by atoms with van der Waals surface area (Å²) < 4.78 is 0. The van der Waals surface area contributed by atoms with Crippen LogP contribution in [0.25, 0.3) is 10.9 Å². The third-order valence-corrected chi connectivity index (χ3v) is 6.53. The molecule has 168 valence electrons. The third-order valence-electron chi connectivity index (χ3n) is 5.06. The molecule has 1 amide bonds. The fraction of sp³-hybridized carbons (Fsp3) is 0.200. The van der Waals surface area contributed by atoms with E-state index in [2.05, 4.69) is 15.6 Å². The van der Waals surface area contributed by atoms with E-state index in [1.165, 1.54) is 11.8 Å². The molecule has 8 heteroatoms. The number of benzene rings is 2. The van der Waals surface area contributed by atoms with Crippen LogP contribution in [0, 0.1) is 0 Å². The molecule has 0 aliphatic carbocycles. The normalized spacial score (nSPS) is 11.8. The molecule has 4 aromatic rings. The van der Waals surface area contributed by atoms with Gasteiger partial charge in [0.2, 0.25) is 5.91 Å². The maximum atomic E-state index is 12.8. The molecule has 33 heavy (non-hydrogen) atoms. The van der Waals surface area contributed by atoms with Crippen molar-refractivity contribution in [2.75, 3.05) is 5.32 Å². The Kier molecular flexibility index (Phi) is 7.75. The fourth-order valence-electron chi connectivity index (χ4n) is 3.29. The highest BCUT2D eigenvalue weighted by atomic mass is 35.5. The molecule has 0 spiro atoms. The molecule has 6 nitrogen and oxygen atoms in total. The number of amides is 1. The Balaban J connectivity index is 1.50. The number of anilines is 1. The SMILES string of the molecule is CCC(Sc1nc(NCc2ccc(Cl)cc2)c2ccccc2n1)C(=O)NCc1cccnc1. The minimum Gasteiger partial charge on any atom is -0.365 e. The maximum Gasteiger partial charge on any atom is 0.233 e. The number of thioether (sulfide) groups is 1. The van der Waals surface area contributed by atoms with Gasteiger partial charge in [0.25, 0.3) is 0 Å². The van der Waals surface area contributed by atoms with Gasteiger partial charge in [0.15, 0.2) is 5.16 Å². The van der Waals surface area contributed by atoms with E-state index in [9.17, 15) is 4.79 Å². The van der Waals surface area contributed by atoms with Crippen LogP contribution in [0.4, 0.5) is 5.82 Å². The minimum absolute atomic E-state index is 0.0428. The van der Waals surface area contributed by atoms with Crippen LogP contribution in [0.2, 0.25) is 5.02 Å². The molecule has 0 aliphatic heterocycles. The molecule has 0 fully saturated rings. The Morgan fingerprint density at radius 2 is 1.82 bits per heavy atom. The van der Waals surface area contributed by atoms with Crippen molar-refractivity contribution in [1.82, 2.24) is 20.3 Å². The number of pyridine rings is 1. The first-order valence-electron chi connectivity index (χ1n) is 10.7. The van der Waals surface area contributed by atoms with Gasteiger partial charge in [-0.05, 0) is 47.9 Å². The molecule has 0 bridgehead atoms. The zero-order valence-corrected chi connectivity index (χ0v) is 19.7. The van der Waals surface area contributed by atoms with E-state index in [-0.39, 0.29) is 11.2 Å². The predicted molar refractivity (Wildman–Crippen MR) is 134 cm³/mol. The second-order valence-electron chi connectivity index (χ2n) is 7.45. The number of halogens is 1. The Bertz CT molecular complexity index is 1220. The lowest BCUT2D eigenvalue weighted by Gasteiger charge is -2.15. The summed E-state index contributed by atoms with van der Waals surface area (Å²) in [6.07, 6.45) is 4.12. The Hall–Kier alpha value is -3.16. The fourth-order valence-corrected chi connectivity index (χ4v) is 4.32. The number of nitrogens with zero attached hydrogens (tertiary/aromatic N) is 3. The van der Waals surface area contributed by atoms with E-state index in [1.54, 1.807) is 12.4 Å². The van der Waals surface area contributed by atoms with E-state index in [0.717, 1.165) is 27.8 Å².